The predicted molar refractivity (Wildman–Crippen MR) is 82.8 cm³/mol. The van der Waals surface area contributed by atoms with Crippen molar-refractivity contribution in [3.63, 3.8) is 0 Å². The van der Waals surface area contributed by atoms with E-state index in [0.717, 1.165) is 12.0 Å². The van der Waals surface area contributed by atoms with E-state index in [-0.39, 0.29) is 12.0 Å². The van der Waals surface area contributed by atoms with E-state index in [1.807, 2.05) is 23.1 Å². The number of rotatable bonds is 4. The molecule has 0 unspecified atom stereocenters. The molecule has 22 heavy (non-hydrogen) atoms. The van der Waals surface area contributed by atoms with Gasteiger partial charge in [-0.3, -0.25) is 4.79 Å². The molecule has 5 nitrogen and oxygen atoms in total. The maximum atomic E-state index is 12.3. The number of likely N-dealkylation sites (tertiary alicyclic amines) is 1. The molecule has 2 heterocycles. The van der Waals surface area contributed by atoms with Crippen LogP contribution < -0.4 is 4.74 Å². The molecule has 1 amide bonds. The quantitative estimate of drug-likeness (QED) is 0.868. The molecule has 1 aromatic heterocycles. The van der Waals surface area contributed by atoms with Crippen molar-refractivity contribution >= 4 is 17.5 Å². The maximum Gasteiger partial charge on any atom is 0.233 e. The number of ether oxygens (including phenoxy) is 1. The Kier molecular flexibility index (Phi) is 4.53. The van der Waals surface area contributed by atoms with Crippen LogP contribution in [0.3, 0.4) is 0 Å². The first-order chi connectivity index (χ1) is 10.7. The number of carbonyl (C=O) groups excluding carboxylic acids is 1. The highest BCUT2D eigenvalue weighted by Gasteiger charge is 2.28. The second-order valence-corrected chi connectivity index (χ2v) is 5.61. The molecule has 1 aromatic carbocycles. The first-order valence-corrected chi connectivity index (χ1v) is 7.56. The van der Waals surface area contributed by atoms with E-state index in [2.05, 4.69) is 10.2 Å². The largest absolute Gasteiger partial charge is 0.471 e. The van der Waals surface area contributed by atoms with Gasteiger partial charge in [0.15, 0.2) is 0 Å². The number of aromatic nitrogens is 2. The van der Waals surface area contributed by atoms with Crippen LogP contribution >= 0.6 is 11.6 Å². The third kappa shape index (κ3) is 3.54. The third-order valence-corrected chi connectivity index (χ3v) is 4.00. The summed E-state index contributed by atoms with van der Waals surface area (Å²) in [6.07, 6.45) is 2.68. The fraction of sp³-hybridized carbons (Fsp3) is 0.312. The highest BCUT2D eigenvalue weighted by atomic mass is 35.5. The molecule has 3 rings (SSSR count). The first-order valence-electron chi connectivity index (χ1n) is 7.18. The van der Waals surface area contributed by atoms with Crippen LogP contribution in [-0.4, -0.2) is 40.2 Å². The molecule has 0 aliphatic carbocycles. The number of hydrogen-bond donors (Lipinski definition) is 0. The van der Waals surface area contributed by atoms with Crippen LogP contribution in [0.4, 0.5) is 0 Å². The number of hydrogen-bond acceptors (Lipinski definition) is 4. The van der Waals surface area contributed by atoms with Crippen LogP contribution in [-0.2, 0) is 11.2 Å². The Morgan fingerprint density at radius 2 is 2.18 bits per heavy atom. The van der Waals surface area contributed by atoms with Crippen LogP contribution in [0.1, 0.15) is 12.0 Å². The van der Waals surface area contributed by atoms with Crippen molar-refractivity contribution in [2.24, 2.45) is 0 Å². The Labute approximate surface area is 133 Å². The molecule has 0 N–H and O–H groups in total. The monoisotopic (exact) mass is 317 g/mol. The van der Waals surface area contributed by atoms with E-state index in [9.17, 15) is 4.79 Å². The molecule has 2 aromatic rings. The van der Waals surface area contributed by atoms with E-state index in [4.69, 9.17) is 16.3 Å². The van der Waals surface area contributed by atoms with Gasteiger partial charge < -0.3 is 9.64 Å². The van der Waals surface area contributed by atoms with Crippen molar-refractivity contribution in [3.8, 4) is 5.88 Å². The molecule has 1 aliphatic heterocycles. The van der Waals surface area contributed by atoms with Crippen molar-refractivity contribution in [1.29, 1.82) is 0 Å². The van der Waals surface area contributed by atoms with Crippen LogP contribution in [0.5, 0.6) is 5.88 Å². The summed E-state index contributed by atoms with van der Waals surface area (Å²) in [6, 6.07) is 11.0. The summed E-state index contributed by atoms with van der Waals surface area (Å²) in [6.45, 7) is 1.26. The Morgan fingerprint density at radius 3 is 2.95 bits per heavy atom. The minimum absolute atomic E-state index is 0.0353. The standard InChI is InChI=1S/C16H16ClN3O2/c17-14-5-2-1-4-12(14)10-16(21)20-9-7-13(11-20)22-15-6-3-8-18-19-15/h1-6,8,13H,7,9-11H2/t13-/m0/s1. The zero-order valence-corrected chi connectivity index (χ0v) is 12.7. The zero-order valence-electron chi connectivity index (χ0n) is 12.0. The average molecular weight is 318 g/mol. The van der Waals surface area contributed by atoms with Gasteiger partial charge in [-0.05, 0) is 17.7 Å². The molecule has 1 atom stereocenters. The van der Waals surface area contributed by atoms with Crippen molar-refractivity contribution in [2.75, 3.05) is 13.1 Å². The summed E-state index contributed by atoms with van der Waals surface area (Å²) >= 11 is 6.10. The van der Waals surface area contributed by atoms with Gasteiger partial charge in [-0.1, -0.05) is 29.8 Å². The summed E-state index contributed by atoms with van der Waals surface area (Å²) in [5.41, 5.74) is 0.854. The highest BCUT2D eigenvalue weighted by molar-refractivity contribution is 6.31. The molecule has 1 saturated heterocycles. The number of carbonyl (C=O) groups is 1. The second kappa shape index (κ2) is 6.75. The van der Waals surface area contributed by atoms with Gasteiger partial charge in [0.05, 0.1) is 13.0 Å². The van der Waals surface area contributed by atoms with Gasteiger partial charge in [0.2, 0.25) is 11.8 Å². The van der Waals surface area contributed by atoms with Gasteiger partial charge >= 0.3 is 0 Å². The van der Waals surface area contributed by atoms with Crippen molar-refractivity contribution in [2.45, 2.75) is 18.9 Å². The lowest BCUT2D eigenvalue weighted by molar-refractivity contribution is -0.129. The third-order valence-electron chi connectivity index (χ3n) is 3.63. The topological polar surface area (TPSA) is 55.3 Å². The lowest BCUT2D eigenvalue weighted by atomic mass is 10.1. The minimum Gasteiger partial charge on any atom is -0.471 e. The minimum atomic E-state index is -0.0353. The summed E-state index contributed by atoms with van der Waals surface area (Å²) in [5.74, 6) is 0.561. The van der Waals surface area contributed by atoms with Crippen molar-refractivity contribution in [3.05, 3.63) is 53.2 Å². The molecular weight excluding hydrogens is 302 g/mol. The number of benzene rings is 1. The van der Waals surface area contributed by atoms with Crippen LogP contribution in [0.25, 0.3) is 0 Å². The number of nitrogens with zero attached hydrogens (tertiary/aromatic N) is 3. The van der Waals surface area contributed by atoms with E-state index in [0.29, 0.717) is 30.4 Å². The van der Waals surface area contributed by atoms with Gasteiger partial charge in [0.1, 0.15) is 6.10 Å². The van der Waals surface area contributed by atoms with Gasteiger partial charge in [-0.25, -0.2) is 0 Å². The van der Waals surface area contributed by atoms with Crippen molar-refractivity contribution < 1.29 is 9.53 Å². The highest BCUT2D eigenvalue weighted by Crippen LogP contribution is 2.19. The molecule has 6 heteroatoms. The fourth-order valence-electron chi connectivity index (χ4n) is 2.49. The van der Waals surface area contributed by atoms with E-state index >= 15 is 0 Å². The molecule has 0 spiro atoms. The number of amides is 1. The van der Waals surface area contributed by atoms with E-state index < -0.39 is 0 Å². The molecule has 1 fully saturated rings. The zero-order chi connectivity index (χ0) is 15.4. The average Bonchev–Trinajstić information content (AvgIpc) is 2.99. The summed E-state index contributed by atoms with van der Waals surface area (Å²) < 4.78 is 5.74. The van der Waals surface area contributed by atoms with Crippen LogP contribution in [0, 0.1) is 0 Å². The fourth-order valence-corrected chi connectivity index (χ4v) is 2.69. The maximum absolute atomic E-state index is 12.3. The second-order valence-electron chi connectivity index (χ2n) is 5.20. The molecule has 114 valence electrons. The lowest BCUT2D eigenvalue weighted by Gasteiger charge is -2.17. The van der Waals surface area contributed by atoms with Crippen molar-refractivity contribution in [1.82, 2.24) is 15.1 Å². The summed E-state index contributed by atoms with van der Waals surface area (Å²) in [4.78, 5) is 14.2. The SMILES string of the molecule is O=C(Cc1ccccc1Cl)N1CC[C@H](Oc2cccnn2)C1. The van der Waals surface area contributed by atoms with Gasteiger partial charge in [-0.15, -0.1) is 5.10 Å². The smallest absolute Gasteiger partial charge is 0.233 e. The van der Waals surface area contributed by atoms with Gasteiger partial charge in [-0.2, -0.15) is 5.10 Å². The predicted octanol–water partition coefficient (Wildman–Crippen LogP) is 2.35. The number of halogens is 1. The van der Waals surface area contributed by atoms with E-state index in [1.165, 1.54) is 0 Å². The van der Waals surface area contributed by atoms with Crippen LogP contribution in [0.2, 0.25) is 5.02 Å². The Balaban J connectivity index is 1.56. The molecule has 0 radical (unpaired) electrons. The Hall–Kier alpha value is -2.14. The van der Waals surface area contributed by atoms with Gasteiger partial charge in [0, 0.05) is 30.3 Å². The summed E-state index contributed by atoms with van der Waals surface area (Å²) in [7, 11) is 0. The molecule has 0 bridgehead atoms. The lowest BCUT2D eigenvalue weighted by Crippen LogP contribution is -2.32. The molecular formula is C16H16ClN3O2. The molecule has 0 saturated carbocycles. The van der Waals surface area contributed by atoms with Crippen LogP contribution in [0.15, 0.2) is 42.6 Å². The normalized spacial score (nSPS) is 17.5. The Bertz CT molecular complexity index is 651. The summed E-state index contributed by atoms with van der Waals surface area (Å²) in [5, 5.41) is 8.30. The Morgan fingerprint density at radius 1 is 1.32 bits per heavy atom. The first kappa shape index (κ1) is 14.8. The van der Waals surface area contributed by atoms with E-state index in [1.54, 1.807) is 24.4 Å². The molecule has 1 aliphatic rings. The van der Waals surface area contributed by atoms with Gasteiger partial charge in [0.25, 0.3) is 0 Å².